The highest BCUT2D eigenvalue weighted by atomic mass is 16.3. The fourth-order valence-corrected chi connectivity index (χ4v) is 9.58. The number of carbonyl (C=O) groups excluding carboxylic acids is 1. The maximum atomic E-state index is 13.1. The lowest BCUT2D eigenvalue weighted by molar-refractivity contribution is -0.214. The molecule has 24 heavy (non-hydrogen) atoms. The lowest BCUT2D eigenvalue weighted by Gasteiger charge is -2.66. The summed E-state index contributed by atoms with van der Waals surface area (Å²) in [4.78, 5) is 15.8. The third-order valence-corrected chi connectivity index (χ3v) is 10.0. The molecule has 3 heteroatoms. The van der Waals surface area contributed by atoms with Crippen molar-refractivity contribution in [1.29, 1.82) is 0 Å². The Bertz CT molecular complexity index is 633. The molecule has 0 radical (unpaired) electrons. The number of aliphatic hydroxyl groups is 1. The summed E-state index contributed by atoms with van der Waals surface area (Å²) in [7, 11) is 0. The van der Waals surface area contributed by atoms with Crippen molar-refractivity contribution in [2.45, 2.75) is 70.4 Å². The fraction of sp³-hybridized carbons (Fsp3) is 0.952. The third kappa shape index (κ3) is 1.28. The predicted octanol–water partition coefficient (Wildman–Crippen LogP) is 2.86. The van der Waals surface area contributed by atoms with Crippen LogP contribution in [0.3, 0.4) is 0 Å². The Morgan fingerprint density at radius 3 is 2.83 bits per heavy atom. The van der Waals surface area contributed by atoms with Crippen LogP contribution in [0.4, 0.5) is 0 Å². The Morgan fingerprint density at radius 1 is 1.21 bits per heavy atom. The molecule has 132 valence electrons. The van der Waals surface area contributed by atoms with Crippen LogP contribution in [0.1, 0.15) is 58.8 Å². The monoisotopic (exact) mass is 329 g/mol. The van der Waals surface area contributed by atoms with Crippen LogP contribution >= 0.6 is 0 Å². The summed E-state index contributed by atoms with van der Waals surface area (Å²) < 4.78 is 0. The van der Waals surface area contributed by atoms with E-state index in [-0.39, 0.29) is 11.8 Å². The van der Waals surface area contributed by atoms with E-state index >= 15 is 0 Å². The maximum absolute atomic E-state index is 13.1. The lowest BCUT2D eigenvalue weighted by atomic mass is 9.44. The van der Waals surface area contributed by atoms with Crippen LogP contribution in [-0.2, 0) is 4.79 Å². The summed E-state index contributed by atoms with van der Waals surface area (Å²) in [6, 6.07) is 0.553. The van der Waals surface area contributed by atoms with Gasteiger partial charge in [0.15, 0.2) is 0 Å². The molecule has 1 spiro atoms. The number of carbonyl (C=O) groups is 1. The number of nitrogens with zero attached hydrogens (tertiary/aromatic N) is 1. The average Bonchev–Trinajstić information content (AvgIpc) is 2.94. The van der Waals surface area contributed by atoms with Crippen molar-refractivity contribution >= 4 is 5.78 Å². The minimum atomic E-state index is -0.680. The SMILES string of the molecule is CCN1C[C@]2(C)CCC[C@@]34[C@@H]5C[C@@H]6CC[C@](O)([C@@H](C[C@H]23)[C@@H]14)[C@H]5C6=O. The highest BCUT2D eigenvalue weighted by Gasteiger charge is 2.80. The van der Waals surface area contributed by atoms with E-state index in [1.807, 2.05) is 0 Å². The van der Waals surface area contributed by atoms with E-state index < -0.39 is 5.60 Å². The predicted molar refractivity (Wildman–Crippen MR) is 91.3 cm³/mol. The summed E-state index contributed by atoms with van der Waals surface area (Å²) >= 11 is 0. The van der Waals surface area contributed by atoms with Gasteiger partial charge in [-0.05, 0) is 67.7 Å². The van der Waals surface area contributed by atoms with Gasteiger partial charge in [0.1, 0.15) is 5.78 Å². The normalized spacial score (nSPS) is 63.7. The molecule has 6 aliphatic rings. The van der Waals surface area contributed by atoms with E-state index in [2.05, 4.69) is 18.7 Å². The van der Waals surface area contributed by atoms with Gasteiger partial charge < -0.3 is 5.11 Å². The molecule has 0 amide bonds. The van der Waals surface area contributed by atoms with Gasteiger partial charge in [0.25, 0.3) is 0 Å². The Balaban J connectivity index is 1.61. The first kappa shape index (κ1) is 14.7. The number of hydrogen-bond acceptors (Lipinski definition) is 3. The van der Waals surface area contributed by atoms with Crippen LogP contribution in [0.25, 0.3) is 0 Å². The molecule has 0 aromatic rings. The van der Waals surface area contributed by atoms with E-state index in [1.165, 1.54) is 32.2 Å². The van der Waals surface area contributed by atoms with Crippen LogP contribution in [-0.4, -0.2) is 40.5 Å². The molecule has 0 aromatic heterocycles. The minimum Gasteiger partial charge on any atom is -0.389 e. The number of hydrogen-bond donors (Lipinski definition) is 1. The van der Waals surface area contributed by atoms with Gasteiger partial charge in [0.2, 0.25) is 0 Å². The molecule has 0 aromatic carbocycles. The van der Waals surface area contributed by atoms with E-state index in [0.29, 0.717) is 34.5 Å². The molecule has 3 nitrogen and oxygen atoms in total. The summed E-state index contributed by atoms with van der Waals surface area (Å²) in [5.74, 6) is 2.30. The minimum absolute atomic E-state index is 0.0124. The molecular formula is C21H31NO2. The summed E-state index contributed by atoms with van der Waals surface area (Å²) in [6.07, 6.45) is 8.15. The van der Waals surface area contributed by atoms with Gasteiger partial charge in [-0.1, -0.05) is 20.3 Å². The van der Waals surface area contributed by atoms with Gasteiger partial charge in [-0.25, -0.2) is 0 Å². The van der Waals surface area contributed by atoms with Crippen LogP contribution < -0.4 is 0 Å². The van der Waals surface area contributed by atoms with Crippen LogP contribution in [0.2, 0.25) is 0 Å². The number of likely N-dealkylation sites (tertiary alicyclic amines) is 1. The number of ketones is 1. The zero-order valence-electron chi connectivity index (χ0n) is 15.1. The van der Waals surface area contributed by atoms with E-state index in [0.717, 1.165) is 31.7 Å². The summed E-state index contributed by atoms with van der Waals surface area (Å²) in [6.45, 7) is 7.17. The van der Waals surface area contributed by atoms with Gasteiger partial charge in [0.05, 0.1) is 11.5 Å². The van der Waals surface area contributed by atoms with Crippen molar-refractivity contribution in [1.82, 2.24) is 4.90 Å². The number of Topliss-reactive ketones (excluding diaryl/α,β-unsaturated/α-hetero) is 1. The summed E-state index contributed by atoms with van der Waals surface area (Å²) in [5, 5.41) is 11.9. The first-order chi connectivity index (χ1) is 11.5. The van der Waals surface area contributed by atoms with E-state index in [4.69, 9.17) is 0 Å². The summed E-state index contributed by atoms with van der Waals surface area (Å²) in [5.41, 5.74) is 0.0773. The molecule has 1 heterocycles. The molecule has 6 rings (SSSR count). The second kappa shape index (κ2) is 4.11. The largest absolute Gasteiger partial charge is 0.389 e. The van der Waals surface area contributed by atoms with Crippen LogP contribution in [0, 0.1) is 40.4 Å². The third-order valence-electron chi connectivity index (χ3n) is 10.0. The Labute approximate surface area is 145 Å². The van der Waals surface area contributed by atoms with Crippen molar-refractivity contribution in [3.05, 3.63) is 0 Å². The molecule has 6 fully saturated rings. The molecule has 1 N–H and O–H groups in total. The Kier molecular flexibility index (Phi) is 2.52. The number of fused-ring (bicyclic) bond motifs is 2. The second-order valence-corrected chi connectivity index (χ2v) is 10.5. The van der Waals surface area contributed by atoms with Crippen molar-refractivity contribution in [2.24, 2.45) is 40.4 Å². The van der Waals surface area contributed by atoms with E-state index in [9.17, 15) is 9.90 Å². The van der Waals surface area contributed by atoms with Crippen molar-refractivity contribution < 1.29 is 9.90 Å². The highest BCUT2D eigenvalue weighted by Crippen LogP contribution is 2.78. The molecule has 7 bridgehead atoms. The second-order valence-electron chi connectivity index (χ2n) is 10.5. The van der Waals surface area contributed by atoms with Gasteiger partial charge in [-0.15, -0.1) is 0 Å². The number of piperidine rings is 1. The average molecular weight is 329 g/mol. The first-order valence-electron chi connectivity index (χ1n) is 10.5. The van der Waals surface area contributed by atoms with E-state index in [1.54, 1.807) is 0 Å². The molecule has 5 saturated carbocycles. The van der Waals surface area contributed by atoms with Gasteiger partial charge in [-0.3, -0.25) is 9.69 Å². The highest BCUT2D eigenvalue weighted by molar-refractivity contribution is 5.88. The first-order valence-corrected chi connectivity index (χ1v) is 10.5. The smallest absolute Gasteiger partial charge is 0.142 e. The molecule has 1 aliphatic heterocycles. The van der Waals surface area contributed by atoms with Gasteiger partial charge in [-0.2, -0.15) is 0 Å². The van der Waals surface area contributed by atoms with Gasteiger partial charge >= 0.3 is 0 Å². The van der Waals surface area contributed by atoms with Crippen LogP contribution in [0.5, 0.6) is 0 Å². The standard InChI is InChI=1S/C21H31NO2/c1-3-22-11-19(2)6-4-7-20-13-9-12-5-8-21(24,16(13)17(12)23)14(18(20)22)10-15(19)20/h12-16,18,24H,3-11H2,1-2H3/t12-,13+,14-,15+,16+,18+,19-,20+,21-/m0/s1. The maximum Gasteiger partial charge on any atom is 0.142 e. The van der Waals surface area contributed by atoms with Crippen molar-refractivity contribution in [3.8, 4) is 0 Å². The molecule has 1 saturated heterocycles. The lowest BCUT2D eigenvalue weighted by Crippen LogP contribution is -2.71. The zero-order chi connectivity index (χ0) is 16.5. The Hall–Kier alpha value is -0.410. The topological polar surface area (TPSA) is 40.5 Å². The molecular weight excluding hydrogens is 298 g/mol. The quantitative estimate of drug-likeness (QED) is 0.804. The molecule has 5 aliphatic carbocycles. The number of rotatable bonds is 1. The van der Waals surface area contributed by atoms with Crippen molar-refractivity contribution in [2.75, 3.05) is 13.1 Å². The fourth-order valence-electron chi connectivity index (χ4n) is 9.58. The molecule has 9 atom stereocenters. The molecule has 0 unspecified atom stereocenters. The van der Waals surface area contributed by atoms with Crippen LogP contribution in [0.15, 0.2) is 0 Å². The Morgan fingerprint density at radius 2 is 2.04 bits per heavy atom. The zero-order valence-corrected chi connectivity index (χ0v) is 15.1. The van der Waals surface area contributed by atoms with Gasteiger partial charge in [0, 0.05) is 24.4 Å². The van der Waals surface area contributed by atoms with Crippen molar-refractivity contribution in [3.63, 3.8) is 0 Å².